The molecule has 0 saturated heterocycles. The van der Waals surface area contributed by atoms with Gasteiger partial charge in [-0.05, 0) is 0 Å². The molecule has 0 N–H and O–H groups in total. The summed E-state index contributed by atoms with van der Waals surface area (Å²) in [7, 11) is 0. The van der Waals surface area contributed by atoms with E-state index < -0.39 is 0 Å². The summed E-state index contributed by atoms with van der Waals surface area (Å²) >= 11 is 7.21. The number of allylic oxidation sites excluding steroid dienone is 3. The third-order valence-corrected chi connectivity index (χ3v) is 8.89. The first-order chi connectivity index (χ1) is 19.8. The maximum atomic E-state index is 6.86. The van der Waals surface area contributed by atoms with E-state index in [4.69, 9.17) is 11.6 Å². The average Bonchev–Trinajstić information content (AvgIpc) is 3.02. The van der Waals surface area contributed by atoms with Crippen molar-refractivity contribution >= 4 is 42.2 Å². The summed E-state index contributed by atoms with van der Waals surface area (Å²) in [6.07, 6.45) is 3.20. The van der Waals surface area contributed by atoms with E-state index in [9.17, 15) is 0 Å². The number of hydrogen-bond donors (Lipinski definition) is 0. The van der Waals surface area contributed by atoms with Gasteiger partial charge >= 0.3 is 250 Å². The molecule has 0 aliphatic heterocycles. The molecule has 0 unspecified atom stereocenters. The fourth-order valence-corrected chi connectivity index (χ4v) is 6.63. The van der Waals surface area contributed by atoms with Gasteiger partial charge in [-0.1, -0.05) is 0 Å². The molecule has 2 heteroatoms. The Bertz CT molecular complexity index is 1640. The topological polar surface area (TPSA) is 0 Å². The molecule has 0 nitrogen and oxygen atoms in total. The van der Waals surface area contributed by atoms with E-state index in [0.717, 1.165) is 50.2 Å². The van der Waals surface area contributed by atoms with Crippen molar-refractivity contribution in [3.63, 3.8) is 0 Å². The standard InChI is InChI=1S/C38H29ClSe/c39-37-24-14-13-23-36(37)38(32-19-9-3-10-20-32)34(27-28-40-35-21-11-4-12-22-35)29-33(31-17-7-2-8-18-31)26-25-30-15-5-1-6-16-30/h1-24,29H,27-28H2/b33-29+,38-34-. The van der Waals surface area contributed by atoms with Gasteiger partial charge in [-0.3, -0.25) is 0 Å². The molecule has 0 radical (unpaired) electrons. The normalized spacial score (nSPS) is 11.8. The monoisotopic (exact) mass is 600 g/mol. The summed E-state index contributed by atoms with van der Waals surface area (Å²) in [5, 5.41) is 1.81. The van der Waals surface area contributed by atoms with Gasteiger partial charge in [-0.2, -0.15) is 0 Å². The fourth-order valence-electron chi connectivity index (χ4n) is 4.49. The Morgan fingerprint density at radius 3 is 1.82 bits per heavy atom. The molecule has 0 amide bonds. The van der Waals surface area contributed by atoms with Gasteiger partial charge in [-0.25, -0.2) is 0 Å². The number of hydrogen-bond acceptors (Lipinski definition) is 0. The molecule has 0 aromatic heterocycles. The summed E-state index contributed by atoms with van der Waals surface area (Å²) in [5.41, 5.74) is 7.67. The molecule has 0 aliphatic rings. The van der Waals surface area contributed by atoms with Crippen LogP contribution in [-0.2, 0) is 0 Å². The molecule has 0 aliphatic carbocycles. The number of rotatable bonds is 8. The zero-order chi connectivity index (χ0) is 27.4. The molecule has 0 bridgehead atoms. The van der Waals surface area contributed by atoms with Crippen molar-refractivity contribution in [3.8, 4) is 11.8 Å². The molecule has 0 heterocycles. The van der Waals surface area contributed by atoms with Gasteiger partial charge in [0.15, 0.2) is 0 Å². The maximum absolute atomic E-state index is 6.86. The van der Waals surface area contributed by atoms with Crippen molar-refractivity contribution in [1.29, 1.82) is 0 Å². The van der Waals surface area contributed by atoms with Crippen molar-refractivity contribution in [3.05, 3.63) is 185 Å². The minimum atomic E-state index is 0.352. The van der Waals surface area contributed by atoms with E-state index in [1.807, 2.05) is 48.5 Å². The van der Waals surface area contributed by atoms with Crippen LogP contribution in [0.1, 0.15) is 28.7 Å². The van der Waals surface area contributed by atoms with Gasteiger partial charge in [0.1, 0.15) is 0 Å². The fraction of sp³-hybridized carbons (Fsp3) is 0.0526. The third-order valence-electron chi connectivity index (χ3n) is 6.43. The second kappa shape index (κ2) is 14.4. The molecule has 0 saturated carbocycles. The Morgan fingerprint density at radius 2 is 1.18 bits per heavy atom. The Labute approximate surface area is 249 Å². The minimum absolute atomic E-state index is 0.352. The van der Waals surface area contributed by atoms with Gasteiger partial charge in [0.05, 0.1) is 0 Å². The Balaban J connectivity index is 1.69. The molecule has 0 fully saturated rings. The van der Waals surface area contributed by atoms with Crippen LogP contribution in [0.5, 0.6) is 0 Å². The molecule has 0 spiro atoms. The van der Waals surface area contributed by atoms with E-state index >= 15 is 0 Å². The van der Waals surface area contributed by atoms with Crippen LogP contribution in [0.4, 0.5) is 0 Å². The van der Waals surface area contributed by atoms with Crippen LogP contribution in [0.15, 0.2) is 157 Å². The van der Waals surface area contributed by atoms with Crippen LogP contribution in [0.25, 0.3) is 11.1 Å². The van der Waals surface area contributed by atoms with Gasteiger partial charge in [0.2, 0.25) is 0 Å². The predicted octanol–water partition coefficient (Wildman–Crippen LogP) is 9.12. The van der Waals surface area contributed by atoms with E-state index in [0.29, 0.717) is 15.0 Å². The average molecular weight is 600 g/mol. The summed E-state index contributed by atoms with van der Waals surface area (Å²) in [4.78, 5) is 0. The molecule has 0 atom stereocenters. The van der Waals surface area contributed by atoms with Crippen molar-refractivity contribution in [2.24, 2.45) is 0 Å². The van der Waals surface area contributed by atoms with Crippen LogP contribution in [-0.4, -0.2) is 15.0 Å². The van der Waals surface area contributed by atoms with Crippen LogP contribution >= 0.6 is 11.6 Å². The Hall–Kier alpha value is -4.05. The van der Waals surface area contributed by atoms with Crippen molar-refractivity contribution < 1.29 is 0 Å². The molecular formula is C38H29ClSe. The Morgan fingerprint density at radius 1 is 0.625 bits per heavy atom. The second-order valence-corrected chi connectivity index (χ2v) is 12.1. The van der Waals surface area contributed by atoms with Crippen molar-refractivity contribution in [2.45, 2.75) is 11.7 Å². The molecular weight excluding hydrogens is 571 g/mol. The Kier molecular flexibility index (Phi) is 9.88. The molecule has 40 heavy (non-hydrogen) atoms. The predicted molar refractivity (Wildman–Crippen MR) is 173 cm³/mol. The quantitative estimate of drug-likeness (QED) is 0.0948. The SMILES string of the molecule is Clc1ccccc1/C(=C(\C=C(/C#Cc1ccccc1)c1ccccc1)CC[Se]c1ccccc1)c1ccccc1. The first-order valence-electron chi connectivity index (χ1n) is 13.3. The van der Waals surface area contributed by atoms with Crippen LogP contribution < -0.4 is 4.46 Å². The molecule has 5 rings (SSSR count). The first kappa shape index (κ1) is 27.5. The zero-order valence-corrected chi connectivity index (χ0v) is 24.6. The van der Waals surface area contributed by atoms with Crippen LogP contribution in [0.2, 0.25) is 10.3 Å². The number of halogens is 1. The van der Waals surface area contributed by atoms with Gasteiger partial charge in [0.25, 0.3) is 0 Å². The third kappa shape index (κ3) is 7.53. The van der Waals surface area contributed by atoms with E-state index in [-0.39, 0.29) is 0 Å². The van der Waals surface area contributed by atoms with Gasteiger partial charge in [0, 0.05) is 0 Å². The molecule has 194 valence electrons. The van der Waals surface area contributed by atoms with Crippen LogP contribution in [0.3, 0.4) is 0 Å². The van der Waals surface area contributed by atoms with Crippen molar-refractivity contribution in [1.82, 2.24) is 0 Å². The summed E-state index contributed by atoms with van der Waals surface area (Å²) in [5.74, 6) is 6.91. The second-order valence-electron chi connectivity index (χ2n) is 9.20. The van der Waals surface area contributed by atoms with E-state index in [2.05, 4.69) is 115 Å². The van der Waals surface area contributed by atoms with Crippen molar-refractivity contribution in [2.75, 3.05) is 0 Å². The van der Waals surface area contributed by atoms with Crippen LogP contribution in [0, 0.1) is 11.8 Å². The summed E-state index contributed by atoms with van der Waals surface area (Å²) in [6.45, 7) is 0. The first-order valence-corrected chi connectivity index (χ1v) is 15.8. The molecule has 5 aromatic rings. The zero-order valence-electron chi connectivity index (χ0n) is 22.1. The summed E-state index contributed by atoms with van der Waals surface area (Å²) in [6, 6.07) is 50.1. The summed E-state index contributed by atoms with van der Waals surface area (Å²) < 4.78 is 1.41. The van der Waals surface area contributed by atoms with Gasteiger partial charge in [-0.15, -0.1) is 0 Å². The van der Waals surface area contributed by atoms with Gasteiger partial charge < -0.3 is 0 Å². The van der Waals surface area contributed by atoms with E-state index in [1.165, 1.54) is 10.0 Å². The van der Waals surface area contributed by atoms with E-state index in [1.54, 1.807) is 0 Å². The number of benzene rings is 5. The molecule has 5 aromatic carbocycles.